The lowest BCUT2D eigenvalue weighted by Crippen LogP contribution is -2.40. The largest absolute Gasteiger partial charge is 0.507 e. The monoisotopic (exact) mass is 344 g/mol. The van der Waals surface area contributed by atoms with Gasteiger partial charge in [0.25, 0.3) is 5.91 Å². The second kappa shape index (κ2) is 7.63. The lowest BCUT2D eigenvalue weighted by Gasteiger charge is -2.24. The van der Waals surface area contributed by atoms with E-state index in [2.05, 4.69) is 10.2 Å². The summed E-state index contributed by atoms with van der Waals surface area (Å²) in [6.07, 6.45) is 0.0867. The average Bonchev–Trinajstić information content (AvgIpc) is 2.93. The molecule has 1 fully saturated rings. The van der Waals surface area contributed by atoms with Gasteiger partial charge in [-0.15, -0.1) is 0 Å². The highest BCUT2D eigenvalue weighted by Crippen LogP contribution is 2.22. The van der Waals surface area contributed by atoms with Crippen molar-refractivity contribution in [3.8, 4) is 5.75 Å². The Balaban J connectivity index is 1.64. The number of carbonyl (C=O) groups is 1. The van der Waals surface area contributed by atoms with Crippen molar-refractivity contribution in [1.82, 2.24) is 10.2 Å². The molecule has 0 saturated carbocycles. The number of rotatable bonds is 5. The number of likely N-dealkylation sites (tertiary alicyclic amines) is 1. The second-order valence-corrected chi connectivity index (χ2v) is 6.30. The number of amides is 1. The molecular weight excluding hydrogens is 323 g/mol. The summed E-state index contributed by atoms with van der Waals surface area (Å²) in [7, 11) is 0. The standard InChI is InChI=1S/C19H21FN2O3/c20-16-7-4-8-17(24)18(16)19(25)21-10-14-9-15(23)12-22(14)11-13-5-2-1-3-6-13/h1-8,14-15,23-24H,9-12H2,(H,21,25)/t14-,15-/m1/s1. The number of aliphatic hydroxyl groups excluding tert-OH is 1. The summed E-state index contributed by atoms with van der Waals surface area (Å²) in [5.41, 5.74) is 0.773. The van der Waals surface area contributed by atoms with E-state index in [4.69, 9.17) is 0 Å². The van der Waals surface area contributed by atoms with Gasteiger partial charge in [0.15, 0.2) is 0 Å². The Morgan fingerprint density at radius 2 is 1.96 bits per heavy atom. The number of halogens is 1. The van der Waals surface area contributed by atoms with Gasteiger partial charge >= 0.3 is 0 Å². The van der Waals surface area contributed by atoms with E-state index in [1.165, 1.54) is 12.1 Å². The maximum absolute atomic E-state index is 13.8. The smallest absolute Gasteiger partial charge is 0.258 e. The van der Waals surface area contributed by atoms with Crippen LogP contribution < -0.4 is 5.32 Å². The lowest BCUT2D eigenvalue weighted by atomic mass is 10.1. The van der Waals surface area contributed by atoms with Gasteiger partial charge in [-0.2, -0.15) is 0 Å². The van der Waals surface area contributed by atoms with Gasteiger partial charge in [0.1, 0.15) is 17.1 Å². The third-order valence-electron chi connectivity index (χ3n) is 4.45. The normalized spacial score (nSPS) is 20.6. The third-order valence-corrected chi connectivity index (χ3v) is 4.45. The maximum Gasteiger partial charge on any atom is 0.258 e. The van der Waals surface area contributed by atoms with Gasteiger partial charge in [-0.1, -0.05) is 36.4 Å². The molecule has 2 atom stereocenters. The number of aliphatic hydroxyl groups is 1. The number of phenolic OH excluding ortho intramolecular Hbond substituents is 1. The van der Waals surface area contributed by atoms with Crippen LogP contribution in [0.15, 0.2) is 48.5 Å². The second-order valence-electron chi connectivity index (χ2n) is 6.30. The molecule has 6 heteroatoms. The van der Waals surface area contributed by atoms with E-state index in [1.54, 1.807) is 0 Å². The van der Waals surface area contributed by atoms with Crippen LogP contribution in [0.3, 0.4) is 0 Å². The summed E-state index contributed by atoms with van der Waals surface area (Å²) >= 11 is 0. The van der Waals surface area contributed by atoms with Gasteiger partial charge < -0.3 is 15.5 Å². The van der Waals surface area contributed by atoms with Crippen molar-refractivity contribution in [3.63, 3.8) is 0 Å². The minimum Gasteiger partial charge on any atom is -0.507 e. The van der Waals surface area contributed by atoms with Crippen molar-refractivity contribution >= 4 is 5.91 Å². The van der Waals surface area contributed by atoms with Crippen LogP contribution in [0, 0.1) is 5.82 Å². The van der Waals surface area contributed by atoms with Crippen LogP contribution in [0.2, 0.25) is 0 Å². The SMILES string of the molecule is O=C(NC[C@H]1C[C@@H](O)CN1Cc1ccccc1)c1c(O)cccc1F. The molecule has 25 heavy (non-hydrogen) atoms. The summed E-state index contributed by atoms with van der Waals surface area (Å²) in [6.45, 7) is 1.47. The van der Waals surface area contributed by atoms with Crippen molar-refractivity contribution in [2.24, 2.45) is 0 Å². The first-order valence-corrected chi connectivity index (χ1v) is 8.26. The van der Waals surface area contributed by atoms with Crippen LogP contribution in [-0.4, -0.2) is 46.3 Å². The minimum absolute atomic E-state index is 0.0481. The highest BCUT2D eigenvalue weighted by molar-refractivity contribution is 5.97. The third kappa shape index (κ3) is 4.15. The van der Waals surface area contributed by atoms with Gasteiger partial charge in [-0.25, -0.2) is 4.39 Å². The number of hydrogen-bond donors (Lipinski definition) is 3. The summed E-state index contributed by atoms with van der Waals surface area (Å²) in [4.78, 5) is 14.3. The Hall–Kier alpha value is -2.44. The first kappa shape index (κ1) is 17.4. The molecule has 0 aromatic heterocycles. The van der Waals surface area contributed by atoms with E-state index in [0.29, 0.717) is 19.5 Å². The summed E-state index contributed by atoms with van der Waals surface area (Å²) in [5.74, 6) is -1.80. The molecule has 1 saturated heterocycles. The zero-order chi connectivity index (χ0) is 17.8. The Morgan fingerprint density at radius 1 is 1.20 bits per heavy atom. The number of hydrogen-bond acceptors (Lipinski definition) is 4. The summed E-state index contributed by atoms with van der Waals surface area (Å²) < 4.78 is 13.8. The zero-order valence-corrected chi connectivity index (χ0v) is 13.7. The van der Waals surface area contributed by atoms with E-state index in [-0.39, 0.29) is 23.9 Å². The van der Waals surface area contributed by atoms with Crippen molar-refractivity contribution in [3.05, 3.63) is 65.5 Å². The Kier molecular flexibility index (Phi) is 5.31. The molecule has 2 aromatic rings. The van der Waals surface area contributed by atoms with Crippen LogP contribution >= 0.6 is 0 Å². The van der Waals surface area contributed by atoms with Crippen LogP contribution in [0.4, 0.5) is 4.39 Å². The minimum atomic E-state index is -0.759. The Labute approximate surface area is 145 Å². The van der Waals surface area contributed by atoms with E-state index in [1.807, 2.05) is 30.3 Å². The first-order chi connectivity index (χ1) is 12.0. The first-order valence-electron chi connectivity index (χ1n) is 8.26. The van der Waals surface area contributed by atoms with E-state index in [9.17, 15) is 19.4 Å². The quantitative estimate of drug-likeness (QED) is 0.775. The summed E-state index contributed by atoms with van der Waals surface area (Å²) in [6, 6.07) is 13.6. The Bertz CT molecular complexity index is 718. The van der Waals surface area contributed by atoms with Gasteiger partial charge in [0.05, 0.1) is 6.10 Å². The summed E-state index contributed by atoms with van der Waals surface area (Å²) in [5, 5.41) is 22.3. The van der Waals surface area contributed by atoms with Crippen molar-refractivity contribution in [2.45, 2.75) is 25.1 Å². The topological polar surface area (TPSA) is 72.8 Å². The Morgan fingerprint density at radius 3 is 2.68 bits per heavy atom. The molecule has 3 N–H and O–H groups in total. The average molecular weight is 344 g/mol. The van der Waals surface area contributed by atoms with E-state index >= 15 is 0 Å². The molecule has 0 aliphatic carbocycles. The number of phenols is 1. The van der Waals surface area contributed by atoms with Crippen molar-refractivity contribution in [1.29, 1.82) is 0 Å². The van der Waals surface area contributed by atoms with Gasteiger partial charge in [-0.3, -0.25) is 9.69 Å². The molecule has 0 radical (unpaired) electrons. The lowest BCUT2D eigenvalue weighted by molar-refractivity contribution is 0.0933. The molecule has 1 aliphatic rings. The van der Waals surface area contributed by atoms with E-state index in [0.717, 1.165) is 11.6 Å². The molecule has 2 aromatic carbocycles. The zero-order valence-electron chi connectivity index (χ0n) is 13.7. The molecule has 3 rings (SSSR count). The van der Waals surface area contributed by atoms with E-state index < -0.39 is 17.8 Å². The predicted molar refractivity (Wildman–Crippen MR) is 91.7 cm³/mol. The van der Waals surface area contributed by atoms with Crippen LogP contribution in [0.5, 0.6) is 5.75 Å². The maximum atomic E-state index is 13.8. The van der Waals surface area contributed by atoms with Gasteiger partial charge in [0, 0.05) is 25.7 Å². The predicted octanol–water partition coefficient (Wildman–Crippen LogP) is 1.90. The van der Waals surface area contributed by atoms with Crippen LogP contribution in [-0.2, 0) is 6.54 Å². The molecule has 0 spiro atoms. The number of aromatic hydroxyl groups is 1. The van der Waals surface area contributed by atoms with Crippen molar-refractivity contribution in [2.75, 3.05) is 13.1 Å². The molecule has 1 aliphatic heterocycles. The number of carbonyl (C=O) groups excluding carboxylic acids is 1. The van der Waals surface area contributed by atoms with Crippen LogP contribution in [0.1, 0.15) is 22.3 Å². The number of nitrogens with one attached hydrogen (secondary N) is 1. The fourth-order valence-electron chi connectivity index (χ4n) is 3.22. The molecule has 0 bridgehead atoms. The van der Waals surface area contributed by atoms with Crippen molar-refractivity contribution < 1.29 is 19.4 Å². The van der Waals surface area contributed by atoms with Crippen LogP contribution in [0.25, 0.3) is 0 Å². The molecule has 1 amide bonds. The van der Waals surface area contributed by atoms with Gasteiger partial charge in [-0.05, 0) is 24.1 Å². The fraction of sp³-hybridized carbons (Fsp3) is 0.316. The number of nitrogens with zero attached hydrogens (tertiary/aromatic N) is 1. The molecule has 5 nitrogen and oxygen atoms in total. The highest BCUT2D eigenvalue weighted by atomic mass is 19.1. The number of benzene rings is 2. The number of β-amino-alcohol motifs (C(OH)–C–C–N with tert-alkyl or cyclic N) is 1. The molecule has 132 valence electrons. The molecule has 1 heterocycles. The molecule has 0 unspecified atom stereocenters. The van der Waals surface area contributed by atoms with Gasteiger partial charge in [0.2, 0.25) is 0 Å². The highest BCUT2D eigenvalue weighted by Gasteiger charge is 2.31. The fourth-order valence-corrected chi connectivity index (χ4v) is 3.22. The molecular formula is C19H21FN2O3.